The maximum atomic E-state index is 11.8. The van der Waals surface area contributed by atoms with Crippen LogP contribution in [-0.2, 0) is 20.7 Å². The van der Waals surface area contributed by atoms with Crippen LogP contribution < -0.4 is 5.73 Å². The number of benzene rings is 1. The average Bonchev–Trinajstić information content (AvgIpc) is 2.45. The number of nitrogens with zero attached hydrogens (tertiary/aromatic N) is 1. The van der Waals surface area contributed by atoms with Crippen LogP contribution >= 0.6 is 0 Å². The van der Waals surface area contributed by atoms with Crippen molar-refractivity contribution in [2.45, 2.75) is 32.4 Å². The summed E-state index contributed by atoms with van der Waals surface area (Å²) in [6.45, 7) is 7.07. The highest BCUT2D eigenvalue weighted by Gasteiger charge is 2.23. The van der Waals surface area contributed by atoms with E-state index in [9.17, 15) is 4.79 Å². The number of hydrogen-bond donors (Lipinski definition) is 1. The smallest absolute Gasteiger partial charge is 0.310 e. The number of morpholine rings is 1. The first-order valence-electron chi connectivity index (χ1n) is 7.40. The summed E-state index contributed by atoms with van der Waals surface area (Å²) in [5.41, 5.74) is 7.22. The van der Waals surface area contributed by atoms with Gasteiger partial charge in [-0.1, -0.05) is 12.1 Å². The van der Waals surface area contributed by atoms with Gasteiger partial charge in [-0.2, -0.15) is 0 Å². The zero-order chi connectivity index (χ0) is 15.2. The molecule has 1 aromatic rings. The maximum absolute atomic E-state index is 11.8. The third kappa shape index (κ3) is 5.02. The summed E-state index contributed by atoms with van der Waals surface area (Å²) in [4.78, 5) is 14.2. The number of ether oxygens (including phenoxy) is 2. The van der Waals surface area contributed by atoms with Crippen LogP contribution in [0.25, 0.3) is 0 Å². The van der Waals surface area contributed by atoms with Gasteiger partial charge in [-0.3, -0.25) is 9.69 Å². The summed E-state index contributed by atoms with van der Waals surface area (Å²) in [6, 6.07) is 7.78. The molecule has 1 aromatic carbocycles. The van der Waals surface area contributed by atoms with Crippen molar-refractivity contribution in [3.63, 3.8) is 0 Å². The molecule has 1 saturated heterocycles. The van der Waals surface area contributed by atoms with Gasteiger partial charge < -0.3 is 15.2 Å². The Bertz CT molecular complexity index is 476. The second-order valence-corrected chi connectivity index (χ2v) is 5.69. The lowest BCUT2D eigenvalue weighted by atomic mass is 10.1. The minimum absolute atomic E-state index is 0.0362. The summed E-state index contributed by atoms with van der Waals surface area (Å²) < 4.78 is 11.0. The van der Waals surface area contributed by atoms with Gasteiger partial charge >= 0.3 is 5.97 Å². The van der Waals surface area contributed by atoms with Crippen LogP contribution in [0, 0.1) is 0 Å². The lowest BCUT2D eigenvalue weighted by molar-refractivity contribution is -0.150. The molecule has 0 bridgehead atoms. The minimum Gasteiger partial charge on any atom is -0.463 e. The number of anilines is 1. The zero-order valence-electron chi connectivity index (χ0n) is 12.7. The third-order valence-electron chi connectivity index (χ3n) is 3.63. The molecule has 116 valence electrons. The Morgan fingerprint density at radius 1 is 1.52 bits per heavy atom. The first-order chi connectivity index (χ1) is 10.0. The molecule has 1 aliphatic heterocycles. The van der Waals surface area contributed by atoms with Gasteiger partial charge in [0.25, 0.3) is 0 Å². The Labute approximate surface area is 126 Å². The Balaban J connectivity index is 1.76. The van der Waals surface area contributed by atoms with Crippen molar-refractivity contribution in [2.24, 2.45) is 0 Å². The predicted octanol–water partition coefficient (Wildman–Crippen LogP) is 1.46. The van der Waals surface area contributed by atoms with Gasteiger partial charge in [-0.15, -0.1) is 0 Å². The van der Waals surface area contributed by atoms with Crippen molar-refractivity contribution in [3.8, 4) is 0 Å². The predicted molar refractivity (Wildman–Crippen MR) is 82.0 cm³/mol. The SMILES string of the molecule is CC(C)N1CCOC(COC(=O)Cc2cccc(N)c2)C1. The first-order valence-corrected chi connectivity index (χ1v) is 7.40. The van der Waals surface area contributed by atoms with E-state index in [2.05, 4.69) is 18.7 Å². The number of carbonyl (C=O) groups excluding carboxylic acids is 1. The van der Waals surface area contributed by atoms with E-state index in [0.717, 1.165) is 18.7 Å². The highest BCUT2D eigenvalue weighted by atomic mass is 16.6. The Morgan fingerprint density at radius 3 is 3.05 bits per heavy atom. The molecule has 5 heteroatoms. The standard InChI is InChI=1S/C16H24N2O3/c1-12(2)18-6-7-20-15(10-18)11-21-16(19)9-13-4-3-5-14(17)8-13/h3-5,8,12,15H,6-7,9-11,17H2,1-2H3. The molecule has 1 heterocycles. The molecule has 2 rings (SSSR count). The van der Waals surface area contributed by atoms with Gasteiger partial charge in [0.1, 0.15) is 12.7 Å². The fraction of sp³-hybridized carbons (Fsp3) is 0.562. The molecule has 1 fully saturated rings. The number of nitrogen functional groups attached to an aromatic ring is 1. The van der Waals surface area contributed by atoms with Crippen LogP contribution in [0.2, 0.25) is 0 Å². The van der Waals surface area contributed by atoms with E-state index in [-0.39, 0.29) is 18.5 Å². The van der Waals surface area contributed by atoms with Gasteiger partial charge in [0.05, 0.1) is 13.0 Å². The first kappa shape index (κ1) is 15.8. The molecular formula is C16H24N2O3. The van der Waals surface area contributed by atoms with Gasteiger partial charge in [0, 0.05) is 24.8 Å². The Hall–Kier alpha value is -1.59. The van der Waals surface area contributed by atoms with Crippen LogP contribution in [-0.4, -0.2) is 49.3 Å². The summed E-state index contributed by atoms with van der Waals surface area (Å²) in [5, 5.41) is 0. The molecule has 1 aliphatic rings. The van der Waals surface area contributed by atoms with Gasteiger partial charge in [-0.25, -0.2) is 0 Å². The van der Waals surface area contributed by atoms with Gasteiger partial charge in [-0.05, 0) is 31.5 Å². The number of rotatable bonds is 5. The molecule has 5 nitrogen and oxygen atoms in total. The monoisotopic (exact) mass is 292 g/mol. The topological polar surface area (TPSA) is 64.8 Å². The van der Waals surface area contributed by atoms with Gasteiger partial charge in [0.15, 0.2) is 0 Å². The Morgan fingerprint density at radius 2 is 2.33 bits per heavy atom. The van der Waals surface area contributed by atoms with Crippen molar-refractivity contribution in [1.29, 1.82) is 0 Å². The van der Waals surface area contributed by atoms with E-state index >= 15 is 0 Å². The molecule has 0 saturated carbocycles. The molecule has 21 heavy (non-hydrogen) atoms. The van der Waals surface area contributed by atoms with Crippen LogP contribution in [0.3, 0.4) is 0 Å². The quantitative estimate of drug-likeness (QED) is 0.657. The van der Waals surface area contributed by atoms with Crippen molar-refractivity contribution in [3.05, 3.63) is 29.8 Å². The summed E-state index contributed by atoms with van der Waals surface area (Å²) in [5.74, 6) is -0.245. The van der Waals surface area contributed by atoms with Crippen LogP contribution in [0.15, 0.2) is 24.3 Å². The lowest BCUT2D eigenvalue weighted by Gasteiger charge is -2.35. The lowest BCUT2D eigenvalue weighted by Crippen LogP contribution is -2.47. The number of hydrogen-bond acceptors (Lipinski definition) is 5. The molecule has 0 aromatic heterocycles. The largest absolute Gasteiger partial charge is 0.463 e. The summed E-state index contributed by atoms with van der Waals surface area (Å²) in [6.07, 6.45) is 0.206. The van der Waals surface area contributed by atoms with E-state index in [1.807, 2.05) is 12.1 Å². The molecule has 0 radical (unpaired) electrons. The van der Waals surface area contributed by atoms with Crippen LogP contribution in [0.4, 0.5) is 5.69 Å². The second-order valence-electron chi connectivity index (χ2n) is 5.69. The molecule has 0 amide bonds. The molecule has 1 unspecified atom stereocenters. The highest BCUT2D eigenvalue weighted by molar-refractivity contribution is 5.73. The highest BCUT2D eigenvalue weighted by Crippen LogP contribution is 2.11. The van der Waals surface area contributed by atoms with Crippen molar-refractivity contribution in [2.75, 3.05) is 32.0 Å². The van der Waals surface area contributed by atoms with E-state index in [1.165, 1.54) is 0 Å². The average molecular weight is 292 g/mol. The maximum Gasteiger partial charge on any atom is 0.310 e. The fourth-order valence-corrected chi connectivity index (χ4v) is 2.42. The van der Waals surface area contributed by atoms with E-state index in [4.69, 9.17) is 15.2 Å². The number of esters is 1. The van der Waals surface area contributed by atoms with Crippen molar-refractivity contribution in [1.82, 2.24) is 4.90 Å². The number of carbonyl (C=O) groups is 1. The number of nitrogens with two attached hydrogens (primary N) is 1. The molecule has 0 aliphatic carbocycles. The van der Waals surface area contributed by atoms with E-state index in [1.54, 1.807) is 12.1 Å². The van der Waals surface area contributed by atoms with Crippen molar-refractivity contribution < 1.29 is 14.3 Å². The molecular weight excluding hydrogens is 268 g/mol. The third-order valence-corrected chi connectivity index (χ3v) is 3.63. The van der Waals surface area contributed by atoms with Gasteiger partial charge in [0.2, 0.25) is 0 Å². The second kappa shape index (κ2) is 7.43. The van der Waals surface area contributed by atoms with Crippen LogP contribution in [0.5, 0.6) is 0 Å². The molecule has 0 spiro atoms. The minimum atomic E-state index is -0.245. The van der Waals surface area contributed by atoms with Crippen LogP contribution in [0.1, 0.15) is 19.4 Å². The van der Waals surface area contributed by atoms with E-state index < -0.39 is 0 Å². The normalized spacial score (nSPS) is 19.7. The van der Waals surface area contributed by atoms with E-state index in [0.29, 0.717) is 24.9 Å². The summed E-state index contributed by atoms with van der Waals surface area (Å²) >= 11 is 0. The molecule has 2 N–H and O–H groups in total. The fourth-order valence-electron chi connectivity index (χ4n) is 2.42. The van der Waals surface area contributed by atoms with Crippen molar-refractivity contribution >= 4 is 11.7 Å². The molecule has 1 atom stereocenters. The Kier molecular flexibility index (Phi) is 5.59. The summed E-state index contributed by atoms with van der Waals surface area (Å²) in [7, 11) is 0. The zero-order valence-corrected chi connectivity index (χ0v) is 12.7.